The number of carbonyl (C=O) groups excluding carboxylic acids is 4. The fraction of sp³-hybridized carbons (Fsp3) is 0.316. The number of anilines is 4. The van der Waals surface area contributed by atoms with Crippen molar-refractivity contribution in [2.75, 3.05) is 21.3 Å². The van der Waals surface area contributed by atoms with E-state index in [4.69, 9.17) is 34.8 Å². The first-order valence-electron chi connectivity index (χ1n) is 36.4. The molecule has 4 aliphatic carbocycles. The van der Waals surface area contributed by atoms with Crippen molar-refractivity contribution >= 4 is 121 Å². The Labute approximate surface area is 705 Å². The molecule has 4 amide bonds. The van der Waals surface area contributed by atoms with E-state index in [1.54, 1.807) is 0 Å². The number of hydrogen-bond donors (Lipinski definition) is 12. The lowest BCUT2D eigenvalue weighted by Gasteiger charge is -2.28. The standard InChI is InChI=1S/C19H17Cl2F3N2O4S.C19H17ClF4N2O4S.C19H17F5N2O4S.C19H18F4N2O4S/c20-11-8-13(22)17(31(29,30)26-15-3-1-2-4-16(15)27)7-10(11)19(28)25-9-5-12(21)18(24)14(23)6-9;20-13-8-14(21)17(31(29,30)26-9-2-1-3-11(27)4-9)7-12(13)19(28)25-10-5-15(22)18(24)16(23)6-10;20-13-8-14(21)17(31(29,30)26-9-1-3-11(27)4-2-9)7-12(13)19(28)25-10-5-15(22)18(24)16(23)6-10;20-14-9-11(8-13(17(14)21)18(22)23)24-19(27)10-3-1-4-12(7-10)30(28,29)25-15-5-2-6-16(15)26/h5-8,15-16,26-27H,1-4H2,(H,25,28);2*5-9,11,26-27H,1-4H2,(H,25,28);1,3-4,7-9,15-16,18,25-26H,2,5-6H2,(H,24,27). The van der Waals surface area contributed by atoms with Gasteiger partial charge in [-0.1, -0.05) is 53.7 Å². The number of sulfonamides is 4. The van der Waals surface area contributed by atoms with E-state index in [0.717, 1.165) is 24.6 Å². The molecule has 0 aromatic heterocycles. The first kappa shape index (κ1) is 97.7. The van der Waals surface area contributed by atoms with Crippen molar-refractivity contribution in [2.24, 2.45) is 0 Å². The van der Waals surface area contributed by atoms with E-state index in [1.165, 1.54) is 18.2 Å². The molecule has 6 atom stereocenters. The lowest BCUT2D eigenvalue weighted by Crippen LogP contribution is -2.45. The largest absolute Gasteiger partial charge is 0.393 e. The lowest BCUT2D eigenvalue weighted by molar-refractivity contribution is 0.101. The molecule has 666 valence electrons. The van der Waals surface area contributed by atoms with Crippen LogP contribution in [0.15, 0.2) is 129 Å². The summed E-state index contributed by atoms with van der Waals surface area (Å²) in [6.45, 7) is 0. The van der Waals surface area contributed by atoms with Gasteiger partial charge in [-0.05, 0) is 144 Å². The topological polar surface area (TPSA) is 382 Å². The van der Waals surface area contributed by atoms with Gasteiger partial charge in [0.25, 0.3) is 30.1 Å². The molecule has 0 heterocycles. The Hall–Kier alpha value is -9.13. The fourth-order valence-corrected chi connectivity index (χ4v) is 19.1. The number of rotatable bonds is 21. The number of hydrogen-bond acceptors (Lipinski definition) is 16. The summed E-state index contributed by atoms with van der Waals surface area (Å²) in [5.41, 5.74) is -4.82. The van der Waals surface area contributed by atoms with E-state index >= 15 is 0 Å². The zero-order valence-corrected chi connectivity index (χ0v) is 68.2. The van der Waals surface area contributed by atoms with Gasteiger partial charge >= 0.3 is 0 Å². The van der Waals surface area contributed by atoms with Gasteiger partial charge in [0.15, 0.2) is 58.2 Å². The van der Waals surface area contributed by atoms with Gasteiger partial charge in [0, 0.05) is 94.9 Å². The van der Waals surface area contributed by atoms with Crippen LogP contribution in [0.3, 0.4) is 0 Å². The van der Waals surface area contributed by atoms with E-state index in [0.29, 0.717) is 150 Å². The zero-order valence-electron chi connectivity index (χ0n) is 62.7. The van der Waals surface area contributed by atoms with Crippen LogP contribution in [0.1, 0.15) is 150 Å². The summed E-state index contributed by atoms with van der Waals surface area (Å²) in [4.78, 5) is 46.8. The fourth-order valence-electron chi connectivity index (χ4n) is 12.9. The maximum atomic E-state index is 14.4. The maximum Gasteiger partial charge on any atom is 0.266 e. The molecule has 47 heteroatoms. The summed E-state index contributed by atoms with van der Waals surface area (Å²) < 4.78 is 326. The molecule has 8 aromatic rings. The summed E-state index contributed by atoms with van der Waals surface area (Å²) in [7, 11) is -17.4. The van der Waals surface area contributed by atoms with Crippen molar-refractivity contribution in [3.8, 4) is 0 Å². The molecule has 12 N–H and O–H groups in total. The van der Waals surface area contributed by atoms with Crippen LogP contribution in [-0.4, -0.2) is 126 Å². The van der Waals surface area contributed by atoms with Crippen molar-refractivity contribution in [3.63, 3.8) is 0 Å². The number of benzene rings is 8. The average Bonchev–Trinajstić information content (AvgIpc) is 1.31. The second-order valence-electron chi connectivity index (χ2n) is 28.1. The van der Waals surface area contributed by atoms with Gasteiger partial charge in [-0.25, -0.2) is 123 Å². The number of halogens is 19. The Balaban J connectivity index is 0.000000186. The molecule has 4 saturated carbocycles. The van der Waals surface area contributed by atoms with E-state index < -0.39 is 269 Å². The maximum absolute atomic E-state index is 14.4. The quantitative estimate of drug-likeness (QED) is 0.0235. The van der Waals surface area contributed by atoms with Crippen LogP contribution in [0.5, 0.6) is 0 Å². The van der Waals surface area contributed by atoms with E-state index in [2.05, 4.69) is 34.8 Å². The Morgan fingerprint density at radius 3 is 1.20 bits per heavy atom. The monoisotopic (exact) mass is 1890 g/mol. The predicted molar refractivity (Wildman–Crippen MR) is 412 cm³/mol. The second-order valence-corrected chi connectivity index (χ2v) is 36.1. The van der Waals surface area contributed by atoms with Crippen molar-refractivity contribution in [2.45, 2.75) is 171 Å². The molecule has 8 aromatic carbocycles. The van der Waals surface area contributed by atoms with Gasteiger partial charge in [0.05, 0.1) is 66.6 Å². The van der Waals surface area contributed by atoms with E-state index in [-0.39, 0.29) is 28.6 Å². The van der Waals surface area contributed by atoms with Crippen LogP contribution < -0.4 is 40.2 Å². The minimum Gasteiger partial charge on any atom is -0.393 e. The van der Waals surface area contributed by atoms with Crippen molar-refractivity contribution in [1.29, 1.82) is 0 Å². The summed E-state index contributed by atoms with van der Waals surface area (Å²) in [6.07, 6.45) is 0.595. The van der Waals surface area contributed by atoms with Crippen molar-refractivity contribution in [3.05, 3.63) is 234 Å². The summed E-state index contributed by atoms with van der Waals surface area (Å²) in [5, 5.41) is 45.8. The van der Waals surface area contributed by atoms with Gasteiger partial charge < -0.3 is 41.7 Å². The van der Waals surface area contributed by atoms with Crippen LogP contribution in [0.25, 0.3) is 0 Å². The molecule has 4 fully saturated rings. The van der Waals surface area contributed by atoms with Crippen molar-refractivity contribution < 1.29 is 144 Å². The number of alkyl halides is 2. The molecule has 4 aliphatic rings. The number of aliphatic hydroxyl groups excluding tert-OH is 4. The highest BCUT2D eigenvalue weighted by atomic mass is 35.5. The molecule has 123 heavy (non-hydrogen) atoms. The Morgan fingerprint density at radius 1 is 0.341 bits per heavy atom. The molecule has 0 saturated heterocycles. The van der Waals surface area contributed by atoms with Gasteiger partial charge in [-0.15, -0.1) is 0 Å². The Bertz CT molecular complexity index is 5780. The summed E-state index contributed by atoms with van der Waals surface area (Å²) in [6, 6.07) is 10.2. The van der Waals surface area contributed by atoms with Crippen LogP contribution in [-0.2, 0) is 40.1 Å². The molecular weight excluding hydrogens is 1820 g/mol. The first-order valence-corrected chi connectivity index (χ1v) is 43.4. The van der Waals surface area contributed by atoms with Gasteiger partial charge in [0.2, 0.25) is 40.1 Å². The van der Waals surface area contributed by atoms with E-state index in [9.17, 15) is 144 Å². The Morgan fingerprint density at radius 2 is 0.732 bits per heavy atom. The van der Waals surface area contributed by atoms with E-state index in [1.807, 2.05) is 5.32 Å². The third kappa shape index (κ3) is 25.4. The number of amides is 4. The SMILES string of the molecule is O=C(Nc1cc(F)c(F)c(C(F)F)c1)c1cccc(S(=O)(=O)NC2CCCC2O)c1.O=C(Nc1cc(F)c(F)c(Cl)c1)c1cc(S(=O)(=O)NC2CCCCC2O)c(F)cc1Cl.O=C(Nc1cc(F)c(F)c(F)c1)c1cc(S(=O)(=O)NC2CCC(O)CC2)c(F)cc1F.O=C(Nc1cc(F)c(F)c(F)c1)c1cc(S(=O)(=O)NC2CCCC(O)C2)c(F)cc1Cl. The smallest absolute Gasteiger partial charge is 0.266 e. The molecule has 6 unspecified atom stereocenters. The number of carbonyl (C=O) groups is 4. The first-order chi connectivity index (χ1) is 57.5. The molecule has 0 bridgehead atoms. The molecule has 0 spiro atoms. The number of nitrogens with one attached hydrogen (secondary N) is 8. The summed E-state index contributed by atoms with van der Waals surface area (Å²) in [5.74, 6) is -25.3. The zero-order chi connectivity index (χ0) is 90.8. The summed E-state index contributed by atoms with van der Waals surface area (Å²) >= 11 is 17.3. The number of aliphatic hydroxyl groups is 4. The highest BCUT2D eigenvalue weighted by molar-refractivity contribution is 7.90. The minimum atomic E-state index is -4.50. The van der Waals surface area contributed by atoms with Crippen molar-refractivity contribution in [1.82, 2.24) is 18.9 Å². The third-order valence-corrected chi connectivity index (χ3v) is 26.1. The normalized spacial score (nSPS) is 19.3. The highest BCUT2D eigenvalue weighted by Gasteiger charge is 2.36. The predicted octanol–water partition coefficient (Wildman–Crippen LogP) is 14.5. The molecular formula is C76H69Cl3F16N8O16S4. The molecule has 0 aliphatic heterocycles. The lowest BCUT2D eigenvalue weighted by atomic mass is 9.93. The van der Waals surface area contributed by atoms with Gasteiger partial charge in [-0.3, -0.25) is 19.2 Å². The molecule has 0 radical (unpaired) electrons. The van der Waals surface area contributed by atoms with Gasteiger partial charge in [0.1, 0.15) is 38.0 Å². The third-order valence-electron chi connectivity index (χ3n) is 19.2. The van der Waals surface area contributed by atoms with Crippen LogP contribution in [0.2, 0.25) is 15.1 Å². The average molecular weight is 1890 g/mol. The minimum absolute atomic E-state index is 0.145. The molecule has 24 nitrogen and oxygen atoms in total. The second kappa shape index (κ2) is 41.3. The van der Waals surface area contributed by atoms with Gasteiger partial charge in [-0.2, -0.15) is 0 Å². The van der Waals surface area contributed by atoms with Crippen LogP contribution >= 0.6 is 34.8 Å². The Kier molecular flexibility index (Phi) is 32.8. The highest BCUT2D eigenvalue weighted by Crippen LogP contribution is 2.35. The van der Waals surface area contributed by atoms with Crippen LogP contribution in [0, 0.1) is 81.4 Å². The van der Waals surface area contributed by atoms with Crippen LogP contribution in [0.4, 0.5) is 93.0 Å². The molecule has 12 rings (SSSR count).